The average molecular weight is 419 g/mol. The zero-order valence-corrected chi connectivity index (χ0v) is 18.0. The molecule has 2 heterocycles. The lowest BCUT2D eigenvalue weighted by Crippen LogP contribution is -2.48. The van der Waals surface area contributed by atoms with Crippen LogP contribution in [0.4, 0.5) is 0 Å². The van der Waals surface area contributed by atoms with Gasteiger partial charge in [-0.15, -0.1) is 22.6 Å². The Morgan fingerprint density at radius 1 is 1.14 bits per heavy atom. The van der Waals surface area contributed by atoms with Crippen molar-refractivity contribution in [2.45, 2.75) is 51.6 Å². The van der Waals surface area contributed by atoms with Crippen molar-refractivity contribution >= 4 is 18.3 Å². The monoisotopic (exact) mass is 418 g/mol. The minimum absolute atomic E-state index is 0. The number of halogens is 1. The van der Waals surface area contributed by atoms with E-state index in [-0.39, 0.29) is 24.2 Å². The highest BCUT2D eigenvalue weighted by atomic mass is 35.5. The number of nitrogens with one attached hydrogen (secondary N) is 1. The number of rotatable bonds is 7. The third-order valence-corrected chi connectivity index (χ3v) is 5.79. The maximum atomic E-state index is 13.2. The minimum Gasteiger partial charge on any atom is -0.341 e. The summed E-state index contributed by atoms with van der Waals surface area (Å²) in [6.45, 7) is 6.81. The van der Waals surface area contributed by atoms with Gasteiger partial charge < -0.3 is 10.2 Å². The Bertz CT molecular complexity index is 783. The fourth-order valence-electron chi connectivity index (χ4n) is 3.84. The first-order valence-corrected chi connectivity index (χ1v) is 10.5. The number of carbonyl (C=O) groups excluding carboxylic acids is 1. The molecule has 1 saturated heterocycles. The highest BCUT2D eigenvalue weighted by molar-refractivity contribution is 5.85. The number of aromatic nitrogens is 4. The van der Waals surface area contributed by atoms with Crippen LogP contribution in [0.2, 0.25) is 0 Å². The molecule has 1 atom stereocenters. The molecule has 0 bridgehead atoms. The summed E-state index contributed by atoms with van der Waals surface area (Å²) in [5, 5.41) is 16.6. The fourth-order valence-corrected chi connectivity index (χ4v) is 3.84. The van der Waals surface area contributed by atoms with Crippen molar-refractivity contribution in [3.63, 3.8) is 0 Å². The number of carbonyl (C=O) groups is 1. The van der Waals surface area contributed by atoms with Gasteiger partial charge in [0.25, 0.3) is 0 Å². The Labute approximate surface area is 178 Å². The molecule has 1 aliphatic heterocycles. The van der Waals surface area contributed by atoms with E-state index in [1.165, 1.54) is 17.6 Å². The van der Waals surface area contributed by atoms with Crippen LogP contribution in [0.3, 0.4) is 0 Å². The van der Waals surface area contributed by atoms with Gasteiger partial charge >= 0.3 is 0 Å². The summed E-state index contributed by atoms with van der Waals surface area (Å²) in [6.07, 6.45) is 4.78. The molecule has 2 aromatic rings. The Morgan fingerprint density at radius 2 is 1.83 bits per heavy atom. The highest BCUT2D eigenvalue weighted by Gasteiger charge is 2.33. The molecule has 0 radical (unpaired) electrons. The summed E-state index contributed by atoms with van der Waals surface area (Å²) >= 11 is 0. The molecular formula is C21H31ClN6O. The summed E-state index contributed by atoms with van der Waals surface area (Å²) in [7, 11) is 0. The van der Waals surface area contributed by atoms with Gasteiger partial charge in [-0.25, -0.2) is 0 Å². The molecule has 2 aliphatic rings. The number of hydrogen-bond donors (Lipinski definition) is 1. The van der Waals surface area contributed by atoms with Crippen LogP contribution < -0.4 is 5.32 Å². The molecule has 7 nitrogen and oxygen atoms in total. The minimum atomic E-state index is -0.416. The molecule has 1 aromatic heterocycles. The lowest BCUT2D eigenvalue weighted by Gasteiger charge is -2.35. The molecule has 158 valence electrons. The van der Waals surface area contributed by atoms with E-state index in [4.69, 9.17) is 0 Å². The number of benzene rings is 1. The quantitative estimate of drug-likeness (QED) is 0.748. The van der Waals surface area contributed by atoms with Crippen molar-refractivity contribution in [2.24, 2.45) is 11.8 Å². The lowest BCUT2D eigenvalue weighted by molar-refractivity contribution is -0.138. The van der Waals surface area contributed by atoms with E-state index >= 15 is 0 Å². The molecule has 29 heavy (non-hydrogen) atoms. The van der Waals surface area contributed by atoms with E-state index in [0.717, 1.165) is 44.0 Å². The third kappa shape index (κ3) is 5.34. The molecular weight excluding hydrogens is 388 g/mol. The van der Waals surface area contributed by atoms with E-state index in [2.05, 4.69) is 20.7 Å². The van der Waals surface area contributed by atoms with Crippen molar-refractivity contribution in [1.29, 1.82) is 0 Å². The maximum absolute atomic E-state index is 13.2. The second kappa shape index (κ2) is 9.67. The maximum Gasteiger partial charge on any atom is 0.249 e. The van der Waals surface area contributed by atoms with Crippen molar-refractivity contribution in [3.05, 3.63) is 30.3 Å². The van der Waals surface area contributed by atoms with E-state index in [9.17, 15) is 4.79 Å². The van der Waals surface area contributed by atoms with Gasteiger partial charge in [0.15, 0.2) is 6.04 Å². The van der Waals surface area contributed by atoms with E-state index in [1.54, 1.807) is 0 Å². The number of piperidine rings is 1. The number of likely N-dealkylation sites (tertiary alicyclic amines) is 1. The van der Waals surface area contributed by atoms with Crippen LogP contribution in [0.5, 0.6) is 0 Å². The van der Waals surface area contributed by atoms with Crippen LogP contribution in [0.25, 0.3) is 11.4 Å². The van der Waals surface area contributed by atoms with E-state index in [1.807, 2.05) is 49.1 Å². The zero-order chi connectivity index (χ0) is 19.5. The molecule has 1 N–H and O–H groups in total. The second-order valence-corrected chi connectivity index (χ2v) is 8.44. The van der Waals surface area contributed by atoms with Crippen LogP contribution in [0.1, 0.15) is 45.6 Å². The smallest absolute Gasteiger partial charge is 0.249 e. The Hall–Kier alpha value is -1.99. The van der Waals surface area contributed by atoms with E-state index in [0.29, 0.717) is 11.9 Å². The summed E-state index contributed by atoms with van der Waals surface area (Å²) < 4.78 is 0. The Morgan fingerprint density at radius 3 is 2.45 bits per heavy atom. The van der Waals surface area contributed by atoms with Gasteiger partial charge in [0.2, 0.25) is 11.7 Å². The van der Waals surface area contributed by atoms with Crippen LogP contribution in [0.15, 0.2) is 30.3 Å². The molecule has 1 aliphatic carbocycles. The third-order valence-electron chi connectivity index (χ3n) is 5.79. The SMILES string of the molecule is CC(C)C(C(=O)N1CCC(NCC2CC2)CC1)n1nnc(-c2ccccc2)n1.Cl. The molecule has 8 heteroatoms. The first-order chi connectivity index (χ1) is 13.6. The van der Waals surface area contributed by atoms with Gasteiger partial charge in [-0.3, -0.25) is 4.79 Å². The van der Waals surface area contributed by atoms with Crippen LogP contribution in [-0.4, -0.2) is 56.7 Å². The lowest BCUT2D eigenvalue weighted by atomic mass is 10.00. The zero-order valence-electron chi connectivity index (χ0n) is 17.2. The predicted molar refractivity (Wildman–Crippen MR) is 115 cm³/mol. The highest BCUT2D eigenvalue weighted by Crippen LogP contribution is 2.28. The van der Waals surface area contributed by atoms with Crippen LogP contribution >= 0.6 is 12.4 Å². The van der Waals surface area contributed by atoms with E-state index < -0.39 is 6.04 Å². The van der Waals surface area contributed by atoms with Gasteiger partial charge in [-0.05, 0) is 49.3 Å². The van der Waals surface area contributed by atoms with Crippen molar-refractivity contribution in [2.75, 3.05) is 19.6 Å². The largest absolute Gasteiger partial charge is 0.341 e. The Kier molecular flexibility index (Phi) is 7.24. The molecule has 1 amide bonds. The molecule has 0 spiro atoms. The molecule has 1 unspecified atom stereocenters. The van der Waals surface area contributed by atoms with Crippen LogP contribution in [0, 0.1) is 11.8 Å². The summed E-state index contributed by atoms with van der Waals surface area (Å²) in [4.78, 5) is 16.7. The van der Waals surface area contributed by atoms with Crippen molar-refractivity contribution in [1.82, 2.24) is 30.4 Å². The van der Waals surface area contributed by atoms with Gasteiger partial charge in [0.1, 0.15) is 0 Å². The summed E-state index contributed by atoms with van der Waals surface area (Å²) in [5.41, 5.74) is 0.909. The van der Waals surface area contributed by atoms with Gasteiger partial charge in [-0.2, -0.15) is 4.80 Å². The number of tetrazole rings is 1. The topological polar surface area (TPSA) is 75.9 Å². The first-order valence-electron chi connectivity index (χ1n) is 10.5. The Balaban J connectivity index is 0.00000240. The predicted octanol–water partition coefficient (Wildman–Crippen LogP) is 2.95. The first kappa shape index (κ1) is 21.7. The van der Waals surface area contributed by atoms with Gasteiger partial charge in [-0.1, -0.05) is 44.2 Å². The van der Waals surface area contributed by atoms with Crippen molar-refractivity contribution in [3.8, 4) is 11.4 Å². The van der Waals surface area contributed by atoms with Gasteiger partial charge in [0.05, 0.1) is 0 Å². The molecule has 4 rings (SSSR count). The normalized spacial score (nSPS) is 18.5. The second-order valence-electron chi connectivity index (χ2n) is 8.44. The number of hydrogen-bond acceptors (Lipinski definition) is 5. The molecule has 2 fully saturated rings. The average Bonchev–Trinajstić information content (AvgIpc) is 3.43. The van der Waals surface area contributed by atoms with Gasteiger partial charge in [0, 0.05) is 24.7 Å². The number of amides is 1. The summed E-state index contributed by atoms with van der Waals surface area (Å²) in [5.74, 6) is 1.65. The summed E-state index contributed by atoms with van der Waals surface area (Å²) in [6, 6.07) is 9.87. The van der Waals surface area contributed by atoms with Crippen molar-refractivity contribution < 1.29 is 4.79 Å². The van der Waals surface area contributed by atoms with Crippen LogP contribution in [-0.2, 0) is 4.79 Å². The fraction of sp³-hybridized carbons (Fsp3) is 0.619. The molecule has 1 saturated carbocycles. The molecule has 1 aromatic carbocycles. The standard InChI is InChI=1S/C21H30N6O.ClH/c1-15(2)19(27-24-20(23-25-27)17-6-4-3-5-7-17)21(28)26-12-10-18(11-13-26)22-14-16-8-9-16;/h3-7,15-16,18-19,22H,8-14H2,1-2H3;1H. The number of nitrogens with zero attached hydrogens (tertiary/aromatic N) is 5.